The number of carbonyl (C=O) groups is 1. The number of amides is 1. The van der Waals surface area contributed by atoms with E-state index >= 15 is 0 Å². The second-order valence-corrected chi connectivity index (χ2v) is 7.97. The number of nitrogens with zero attached hydrogens (tertiary/aromatic N) is 4. The van der Waals surface area contributed by atoms with Crippen LogP contribution in [0.4, 0.5) is 5.82 Å². The molecular weight excluding hydrogens is 406 g/mol. The van der Waals surface area contributed by atoms with Gasteiger partial charge in [0.2, 0.25) is 5.91 Å². The van der Waals surface area contributed by atoms with Gasteiger partial charge >= 0.3 is 0 Å². The summed E-state index contributed by atoms with van der Waals surface area (Å²) in [4.78, 5) is 30.9. The number of piperidine rings is 1. The molecule has 3 aromatic rings. The molecule has 9 nitrogen and oxygen atoms in total. The van der Waals surface area contributed by atoms with Crippen LogP contribution in [0.2, 0.25) is 5.02 Å². The quantitative estimate of drug-likeness (QED) is 0.467. The van der Waals surface area contributed by atoms with Gasteiger partial charge in [-0.25, -0.2) is 15.0 Å². The third-order valence-electron chi connectivity index (χ3n) is 5.60. The molecule has 0 radical (unpaired) electrons. The van der Waals surface area contributed by atoms with E-state index in [-0.39, 0.29) is 18.6 Å². The topological polar surface area (TPSA) is 133 Å². The number of aliphatic hydroxyl groups excluding tert-OH is 1. The smallest absolute Gasteiger partial charge is 0.240 e. The van der Waals surface area contributed by atoms with Gasteiger partial charge in [0.1, 0.15) is 11.8 Å². The average molecular weight is 430 g/mol. The molecule has 1 aliphatic heterocycles. The van der Waals surface area contributed by atoms with Crippen molar-refractivity contribution in [2.24, 2.45) is 5.73 Å². The van der Waals surface area contributed by atoms with Crippen LogP contribution in [0.5, 0.6) is 0 Å². The molecule has 1 fully saturated rings. The maximum atomic E-state index is 13.1. The number of rotatable bonds is 6. The Morgan fingerprint density at radius 2 is 2.00 bits per heavy atom. The maximum absolute atomic E-state index is 13.1. The molecule has 1 aromatic carbocycles. The van der Waals surface area contributed by atoms with E-state index in [2.05, 4.69) is 30.2 Å². The van der Waals surface area contributed by atoms with Crippen LogP contribution in [-0.4, -0.2) is 56.2 Å². The van der Waals surface area contributed by atoms with Gasteiger partial charge in [-0.1, -0.05) is 23.7 Å². The first kappa shape index (κ1) is 20.5. The van der Waals surface area contributed by atoms with E-state index in [4.69, 9.17) is 17.3 Å². The lowest BCUT2D eigenvalue weighted by atomic mass is 9.87. The van der Waals surface area contributed by atoms with Gasteiger partial charge in [-0.05, 0) is 37.0 Å². The highest BCUT2D eigenvalue weighted by atomic mass is 35.5. The number of hydrogen-bond donors (Lipinski definition) is 4. The average Bonchev–Trinajstić information content (AvgIpc) is 3.24. The van der Waals surface area contributed by atoms with Gasteiger partial charge in [0.15, 0.2) is 11.5 Å². The van der Waals surface area contributed by atoms with Crippen LogP contribution in [0.3, 0.4) is 0 Å². The SMILES string of the molecule is NC1(C(=O)NC(CCO)c2ccc(Cl)cc2)CCN(c2ncnc3[nH]cnc23)CC1. The Morgan fingerprint density at radius 1 is 1.27 bits per heavy atom. The van der Waals surface area contributed by atoms with Gasteiger partial charge in [0.25, 0.3) is 0 Å². The fraction of sp³-hybridized carbons (Fsp3) is 0.400. The first-order valence-electron chi connectivity index (χ1n) is 9.85. The van der Waals surface area contributed by atoms with Crippen molar-refractivity contribution in [2.45, 2.75) is 30.8 Å². The summed E-state index contributed by atoms with van der Waals surface area (Å²) in [5.74, 6) is 0.520. The fourth-order valence-electron chi connectivity index (χ4n) is 3.78. The number of halogens is 1. The van der Waals surface area contributed by atoms with Gasteiger partial charge in [-0.15, -0.1) is 0 Å². The Labute approximate surface area is 178 Å². The lowest BCUT2D eigenvalue weighted by molar-refractivity contribution is -0.128. The van der Waals surface area contributed by atoms with Gasteiger partial charge < -0.3 is 26.0 Å². The Balaban J connectivity index is 1.44. The van der Waals surface area contributed by atoms with Crippen LogP contribution in [0.1, 0.15) is 30.9 Å². The molecule has 0 aliphatic carbocycles. The highest BCUT2D eigenvalue weighted by Gasteiger charge is 2.39. The van der Waals surface area contributed by atoms with Crippen LogP contribution in [0, 0.1) is 0 Å². The molecular formula is C20H24ClN7O2. The van der Waals surface area contributed by atoms with Crippen molar-refractivity contribution >= 4 is 34.5 Å². The van der Waals surface area contributed by atoms with Gasteiger partial charge in [0.05, 0.1) is 17.9 Å². The summed E-state index contributed by atoms with van der Waals surface area (Å²) in [7, 11) is 0. The Bertz CT molecular complexity index is 1020. The predicted molar refractivity (Wildman–Crippen MR) is 114 cm³/mol. The first-order chi connectivity index (χ1) is 14.5. The molecule has 3 heterocycles. The zero-order chi connectivity index (χ0) is 21.1. The summed E-state index contributed by atoms with van der Waals surface area (Å²) >= 11 is 5.96. The molecule has 1 saturated heterocycles. The molecule has 5 N–H and O–H groups in total. The summed E-state index contributed by atoms with van der Waals surface area (Å²) in [6.07, 6.45) is 4.43. The van der Waals surface area contributed by atoms with E-state index in [1.165, 1.54) is 6.33 Å². The largest absolute Gasteiger partial charge is 0.396 e. The first-order valence-corrected chi connectivity index (χ1v) is 10.2. The number of carbonyl (C=O) groups excluding carboxylic acids is 1. The third-order valence-corrected chi connectivity index (χ3v) is 5.85. The highest BCUT2D eigenvalue weighted by Crippen LogP contribution is 2.28. The Kier molecular flexibility index (Phi) is 5.85. The molecule has 1 amide bonds. The monoisotopic (exact) mass is 429 g/mol. The molecule has 2 aromatic heterocycles. The van der Waals surface area contributed by atoms with Crippen LogP contribution >= 0.6 is 11.6 Å². The molecule has 1 unspecified atom stereocenters. The number of aromatic amines is 1. The lowest BCUT2D eigenvalue weighted by Crippen LogP contribution is -2.60. The molecule has 1 atom stereocenters. The number of hydrogen-bond acceptors (Lipinski definition) is 7. The number of aliphatic hydroxyl groups is 1. The standard InChI is InChI=1S/C20H24ClN7O2/c21-14-3-1-13(2-4-14)15(5-10-29)27-19(30)20(22)6-8-28(9-7-20)18-16-17(24-11-23-16)25-12-26-18/h1-4,11-12,15,29H,5-10,22H2,(H,27,30)(H,23,24,25,26). The molecule has 10 heteroatoms. The minimum atomic E-state index is -0.992. The van der Waals surface area contributed by atoms with Crippen LogP contribution in [0.15, 0.2) is 36.9 Å². The summed E-state index contributed by atoms with van der Waals surface area (Å²) in [6.45, 7) is 1.11. The Hall–Kier alpha value is -2.75. The normalized spacial score (nSPS) is 17.1. The molecule has 158 valence electrons. The minimum absolute atomic E-state index is 0.0493. The number of nitrogens with one attached hydrogen (secondary N) is 2. The maximum Gasteiger partial charge on any atom is 0.240 e. The number of imidazole rings is 1. The van der Waals surface area contributed by atoms with Crippen molar-refractivity contribution < 1.29 is 9.90 Å². The molecule has 30 heavy (non-hydrogen) atoms. The Morgan fingerprint density at radius 3 is 2.70 bits per heavy atom. The lowest BCUT2D eigenvalue weighted by Gasteiger charge is -2.39. The van der Waals surface area contributed by atoms with Crippen molar-refractivity contribution in [1.29, 1.82) is 0 Å². The van der Waals surface area contributed by atoms with Gasteiger partial charge in [-0.2, -0.15) is 0 Å². The molecule has 0 spiro atoms. The summed E-state index contributed by atoms with van der Waals surface area (Å²) in [6, 6.07) is 6.89. The fourth-order valence-corrected chi connectivity index (χ4v) is 3.90. The van der Waals surface area contributed by atoms with E-state index in [0.29, 0.717) is 48.5 Å². The van der Waals surface area contributed by atoms with E-state index in [1.54, 1.807) is 18.5 Å². The molecule has 0 bridgehead atoms. The number of fused-ring (bicyclic) bond motifs is 1. The summed E-state index contributed by atoms with van der Waals surface area (Å²) < 4.78 is 0. The molecule has 1 aliphatic rings. The van der Waals surface area contributed by atoms with E-state index in [1.807, 2.05) is 12.1 Å². The number of H-pyrrole nitrogens is 1. The molecule has 4 rings (SSSR count). The number of nitrogens with two attached hydrogens (primary N) is 1. The van der Waals surface area contributed by atoms with Gasteiger partial charge in [0, 0.05) is 24.7 Å². The van der Waals surface area contributed by atoms with Crippen LogP contribution in [0.25, 0.3) is 11.2 Å². The zero-order valence-electron chi connectivity index (χ0n) is 16.4. The minimum Gasteiger partial charge on any atom is -0.396 e. The van der Waals surface area contributed by atoms with Crippen molar-refractivity contribution in [3.05, 3.63) is 47.5 Å². The zero-order valence-corrected chi connectivity index (χ0v) is 17.1. The highest BCUT2D eigenvalue weighted by molar-refractivity contribution is 6.30. The predicted octanol–water partition coefficient (Wildman–Crippen LogP) is 1.54. The molecule has 0 saturated carbocycles. The van der Waals surface area contributed by atoms with Crippen molar-refractivity contribution in [3.63, 3.8) is 0 Å². The van der Waals surface area contributed by atoms with E-state index < -0.39 is 5.54 Å². The van der Waals surface area contributed by atoms with Crippen LogP contribution < -0.4 is 16.0 Å². The van der Waals surface area contributed by atoms with E-state index in [0.717, 1.165) is 11.4 Å². The number of anilines is 1. The van der Waals surface area contributed by atoms with Crippen molar-refractivity contribution in [3.8, 4) is 0 Å². The van der Waals surface area contributed by atoms with Crippen molar-refractivity contribution in [1.82, 2.24) is 25.3 Å². The second kappa shape index (κ2) is 8.55. The second-order valence-electron chi connectivity index (χ2n) is 7.53. The summed E-state index contributed by atoms with van der Waals surface area (Å²) in [5.41, 5.74) is 7.78. The van der Waals surface area contributed by atoms with Crippen molar-refractivity contribution in [2.75, 3.05) is 24.6 Å². The van der Waals surface area contributed by atoms with Crippen LogP contribution in [-0.2, 0) is 4.79 Å². The number of benzene rings is 1. The third kappa shape index (κ3) is 4.09. The number of aromatic nitrogens is 4. The summed E-state index contributed by atoms with van der Waals surface area (Å²) in [5, 5.41) is 13.1. The van der Waals surface area contributed by atoms with E-state index in [9.17, 15) is 9.90 Å². The van der Waals surface area contributed by atoms with Gasteiger partial charge in [-0.3, -0.25) is 4.79 Å².